The number of β-amino-alcohol motifs (C(OH)–C–C–N with tert-alkyl or cyclic N) is 1. The Morgan fingerprint density at radius 3 is 2.64 bits per heavy atom. The van der Waals surface area contributed by atoms with Gasteiger partial charge in [-0.3, -0.25) is 4.90 Å². The molecule has 0 spiro atoms. The van der Waals surface area contributed by atoms with Gasteiger partial charge >= 0.3 is 6.01 Å². The predicted octanol–water partition coefficient (Wildman–Crippen LogP) is 3.66. The summed E-state index contributed by atoms with van der Waals surface area (Å²) in [5.41, 5.74) is 7.61. The van der Waals surface area contributed by atoms with Gasteiger partial charge in [-0.15, -0.1) is 11.3 Å². The number of nitrogen functional groups attached to an aromatic ring is 1. The number of rotatable bonds is 7. The van der Waals surface area contributed by atoms with Crippen LogP contribution in [-0.2, 0) is 18.0 Å². The second kappa shape index (κ2) is 10.7. The zero-order valence-electron chi connectivity index (χ0n) is 23.9. The van der Waals surface area contributed by atoms with Crippen LogP contribution in [0.25, 0.3) is 32.1 Å². The number of hydrogen-bond donors (Lipinski definition) is 3. The van der Waals surface area contributed by atoms with Gasteiger partial charge in [0.2, 0.25) is 0 Å². The summed E-state index contributed by atoms with van der Waals surface area (Å²) < 4.78 is 45.7. The molecule has 228 valence electrons. The van der Waals surface area contributed by atoms with E-state index in [4.69, 9.17) is 20.2 Å². The molecular weight excluding hydrogens is 588 g/mol. The van der Waals surface area contributed by atoms with Crippen molar-refractivity contribution in [3.05, 3.63) is 40.5 Å². The molecule has 6 heterocycles. The highest BCUT2D eigenvalue weighted by atomic mass is 32.1. The van der Waals surface area contributed by atoms with Crippen molar-refractivity contribution < 1.29 is 23.4 Å². The van der Waals surface area contributed by atoms with Crippen LogP contribution >= 0.6 is 11.3 Å². The van der Waals surface area contributed by atoms with Crippen molar-refractivity contribution in [3.63, 3.8) is 0 Å². The Bertz CT molecular complexity index is 1840. The number of anilines is 2. The zero-order valence-corrected chi connectivity index (χ0v) is 24.7. The van der Waals surface area contributed by atoms with Crippen LogP contribution in [0.1, 0.15) is 36.0 Å². The molecule has 44 heavy (non-hydrogen) atoms. The van der Waals surface area contributed by atoms with E-state index in [0.29, 0.717) is 40.0 Å². The average Bonchev–Trinajstić information content (AvgIpc) is 3.69. The number of aliphatic hydroxyl groups is 1. The zero-order chi connectivity index (χ0) is 30.1. The number of likely N-dealkylation sites (tertiary alicyclic amines) is 1. The molecule has 10 nitrogen and oxygen atoms in total. The number of aliphatic hydroxyl groups excluding tert-OH is 1. The quantitative estimate of drug-likeness (QED) is 0.282. The summed E-state index contributed by atoms with van der Waals surface area (Å²) >= 11 is 1.17. The number of aromatic nitrogens is 2. The van der Waals surface area contributed by atoms with Gasteiger partial charge in [0.05, 0.1) is 30.8 Å². The van der Waals surface area contributed by atoms with Crippen LogP contribution in [0.5, 0.6) is 6.01 Å². The van der Waals surface area contributed by atoms with Gasteiger partial charge in [0.15, 0.2) is 5.82 Å². The van der Waals surface area contributed by atoms with Crippen molar-refractivity contribution in [3.8, 4) is 23.2 Å². The fourth-order valence-electron chi connectivity index (χ4n) is 7.44. The fourth-order valence-corrected chi connectivity index (χ4v) is 8.37. The summed E-state index contributed by atoms with van der Waals surface area (Å²) in [4.78, 5) is 14.0. The number of benzene rings is 2. The molecule has 0 amide bonds. The van der Waals surface area contributed by atoms with Gasteiger partial charge in [-0.1, -0.05) is 0 Å². The number of ether oxygens (including phenoxy) is 2. The Morgan fingerprint density at radius 2 is 1.91 bits per heavy atom. The Morgan fingerprint density at radius 1 is 1.11 bits per heavy atom. The van der Waals surface area contributed by atoms with Crippen molar-refractivity contribution in [2.24, 2.45) is 0 Å². The maximum Gasteiger partial charge on any atom is 0.319 e. The molecule has 13 heteroatoms. The number of nitrogens with zero attached hydrogens (tertiary/aromatic N) is 5. The number of piperazine rings is 1. The molecule has 8 rings (SSSR count). The number of fused-ring (bicyclic) bond motifs is 6. The first-order valence-corrected chi connectivity index (χ1v) is 15.8. The van der Waals surface area contributed by atoms with Gasteiger partial charge in [0.1, 0.15) is 34.8 Å². The lowest BCUT2D eigenvalue weighted by Crippen LogP contribution is -2.52. The summed E-state index contributed by atoms with van der Waals surface area (Å²) in [6.07, 6.45) is 2.89. The fraction of sp³-hybridized carbons (Fsp3) is 0.452. The van der Waals surface area contributed by atoms with Crippen molar-refractivity contribution in [2.45, 2.75) is 50.6 Å². The Kier molecular flexibility index (Phi) is 6.80. The van der Waals surface area contributed by atoms with E-state index in [9.17, 15) is 10.4 Å². The first-order chi connectivity index (χ1) is 21.5. The van der Waals surface area contributed by atoms with E-state index in [0.717, 1.165) is 44.5 Å². The molecule has 2 bridgehead atoms. The number of nitrogens with two attached hydrogens (primary N) is 1. The molecular formula is C31H31F2N7O3S. The van der Waals surface area contributed by atoms with Crippen molar-refractivity contribution >= 4 is 43.1 Å². The number of hydrogen-bond acceptors (Lipinski definition) is 11. The van der Waals surface area contributed by atoms with E-state index in [1.807, 2.05) is 0 Å². The molecule has 3 atom stereocenters. The topological polar surface area (TPSA) is 133 Å². The molecule has 4 aliphatic rings. The van der Waals surface area contributed by atoms with Gasteiger partial charge < -0.3 is 30.5 Å². The second-order valence-electron chi connectivity index (χ2n) is 11.9. The molecule has 2 aromatic carbocycles. The first kappa shape index (κ1) is 27.8. The van der Waals surface area contributed by atoms with Crippen LogP contribution in [0.15, 0.2) is 12.1 Å². The molecule has 3 fully saturated rings. The van der Waals surface area contributed by atoms with E-state index in [2.05, 4.69) is 26.2 Å². The van der Waals surface area contributed by atoms with E-state index in [-0.39, 0.29) is 71.2 Å². The Balaban J connectivity index is 1.36. The monoisotopic (exact) mass is 619 g/mol. The number of thiophene rings is 1. The lowest BCUT2D eigenvalue weighted by atomic mass is 9.90. The lowest BCUT2D eigenvalue weighted by Gasteiger charge is -2.40. The van der Waals surface area contributed by atoms with E-state index >= 15 is 8.78 Å². The van der Waals surface area contributed by atoms with Crippen LogP contribution in [0.4, 0.5) is 19.6 Å². The van der Waals surface area contributed by atoms with Crippen LogP contribution in [-0.4, -0.2) is 77.5 Å². The molecule has 2 unspecified atom stereocenters. The molecule has 0 aliphatic carbocycles. The van der Waals surface area contributed by atoms with Gasteiger partial charge in [-0.05, 0) is 42.5 Å². The summed E-state index contributed by atoms with van der Waals surface area (Å²) in [7, 11) is 0. The maximum atomic E-state index is 17.2. The summed E-state index contributed by atoms with van der Waals surface area (Å²) in [6, 6.07) is 5.48. The highest BCUT2D eigenvalue weighted by molar-refractivity contribution is 7.23. The largest absolute Gasteiger partial charge is 0.462 e. The third-order valence-electron chi connectivity index (χ3n) is 9.63. The van der Waals surface area contributed by atoms with Crippen molar-refractivity contribution in [1.29, 1.82) is 5.26 Å². The normalized spacial score (nSPS) is 22.9. The highest BCUT2D eigenvalue weighted by Gasteiger charge is 2.41. The Hall–Kier alpha value is -3.67. The van der Waals surface area contributed by atoms with Crippen molar-refractivity contribution in [1.82, 2.24) is 20.2 Å². The van der Waals surface area contributed by atoms with E-state index in [1.165, 1.54) is 17.4 Å². The van der Waals surface area contributed by atoms with Crippen molar-refractivity contribution in [2.75, 3.05) is 50.0 Å². The molecule has 0 saturated carbocycles. The van der Waals surface area contributed by atoms with Gasteiger partial charge in [-0.25, -0.2) is 8.78 Å². The van der Waals surface area contributed by atoms with Gasteiger partial charge in [-0.2, -0.15) is 15.2 Å². The molecule has 4 aliphatic heterocycles. The minimum absolute atomic E-state index is 0.00728. The van der Waals surface area contributed by atoms with Gasteiger partial charge in [0.25, 0.3) is 0 Å². The molecule has 0 radical (unpaired) electrons. The second-order valence-corrected chi connectivity index (χ2v) is 13.0. The minimum Gasteiger partial charge on any atom is -0.462 e. The minimum atomic E-state index is -0.703. The lowest BCUT2D eigenvalue weighted by molar-refractivity contribution is 0.0339. The third-order valence-corrected chi connectivity index (χ3v) is 10.6. The smallest absolute Gasteiger partial charge is 0.319 e. The SMILES string of the molecule is N#Cc1c(N)sc2ccc(F)c(-c3c4c(c5c(N6C7CCC6CNC7)nc(OC[C@@H]6CCN6CCO)nc5c3F)COC4)c12. The number of nitriles is 1. The summed E-state index contributed by atoms with van der Waals surface area (Å²) in [6.45, 7) is 3.66. The molecule has 2 aromatic heterocycles. The van der Waals surface area contributed by atoms with Crippen LogP contribution < -0.4 is 20.7 Å². The molecule has 4 aromatic rings. The summed E-state index contributed by atoms with van der Waals surface area (Å²) in [5, 5.41) is 23.9. The average molecular weight is 620 g/mol. The number of nitrogens with one attached hydrogen (secondary N) is 1. The third kappa shape index (κ3) is 4.16. The van der Waals surface area contributed by atoms with Crippen LogP contribution in [0, 0.1) is 23.0 Å². The van der Waals surface area contributed by atoms with E-state index in [1.54, 1.807) is 6.07 Å². The van der Waals surface area contributed by atoms with Crippen LogP contribution in [0.3, 0.4) is 0 Å². The van der Waals surface area contributed by atoms with E-state index < -0.39 is 11.6 Å². The molecule has 3 saturated heterocycles. The standard InChI is InChI=1S/C31H31F2N7O3S/c32-21-3-4-22-23(18(9-34)29(35)44-22)26(21)24-19-13-42-14-20(19)25-28(27(24)33)37-31(43-12-17-5-6-39(17)7-8-41)38-30(25)40-15-1-2-16(40)11-36-10-15/h3-4,15-17,36,41H,1-2,5-8,10-14,35H2/t15?,16?,17-/m0/s1. The van der Waals surface area contributed by atoms with Gasteiger partial charge in [0, 0.05) is 65.5 Å². The summed E-state index contributed by atoms with van der Waals surface area (Å²) in [5.74, 6) is -0.743. The molecule has 4 N–H and O–H groups in total. The number of halogens is 2. The first-order valence-electron chi connectivity index (χ1n) is 15.0. The highest BCUT2D eigenvalue weighted by Crippen LogP contribution is 2.48. The maximum absolute atomic E-state index is 17.2. The van der Waals surface area contributed by atoms with Crippen LogP contribution in [0.2, 0.25) is 0 Å². The predicted molar refractivity (Wildman–Crippen MR) is 163 cm³/mol. The Labute approximate surface area is 256 Å².